The minimum atomic E-state index is -1.05. The van der Waals surface area contributed by atoms with Crippen molar-refractivity contribution in [2.75, 3.05) is 13.2 Å². The summed E-state index contributed by atoms with van der Waals surface area (Å²) in [6.45, 7) is -0.934. The number of benzene rings is 2. The molecular weight excluding hydrogens is 390 g/mol. The smallest absolute Gasteiger partial charge is 0.407 e. The summed E-state index contributed by atoms with van der Waals surface area (Å²) in [4.78, 5) is 47.0. The number of hydrogen-bond donors (Lipinski definition) is 3. The molecule has 0 saturated carbocycles. The van der Waals surface area contributed by atoms with Crippen LogP contribution in [0.5, 0.6) is 0 Å². The lowest BCUT2D eigenvalue weighted by Crippen LogP contribution is -2.47. The Balaban J connectivity index is 1.85. The molecule has 0 saturated heterocycles. The van der Waals surface area contributed by atoms with E-state index in [0.717, 1.165) is 11.1 Å². The minimum absolute atomic E-state index is 0.0599. The molecule has 0 aliphatic rings. The molecule has 0 unspecified atom stereocenters. The summed E-state index contributed by atoms with van der Waals surface area (Å²) in [7, 11) is 0. The van der Waals surface area contributed by atoms with Gasteiger partial charge in [0.1, 0.15) is 19.2 Å². The number of primary amides is 1. The Bertz CT molecular complexity index is 858. The Morgan fingerprint density at radius 1 is 0.867 bits per heavy atom. The van der Waals surface area contributed by atoms with Gasteiger partial charge in [-0.05, 0) is 11.1 Å². The molecule has 0 aromatic heterocycles. The number of carbonyl (C=O) groups is 4. The summed E-state index contributed by atoms with van der Waals surface area (Å²) in [5.41, 5.74) is 6.56. The van der Waals surface area contributed by atoms with Gasteiger partial charge in [-0.15, -0.1) is 0 Å². The van der Waals surface area contributed by atoms with Gasteiger partial charge >= 0.3 is 12.1 Å². The fraction of sp³-hybridized carbons (Fsp3) is 0.238. The SMILES string of the molecule is NC(=O)COC(=O)[C@H](Cc1ccccc1)NC(=O)CNC(=O)OCc1ccccc1. The Hall–Kier alpha value is -3.88. The molecule has 0 aliphatic carbocycles. The average molecular weight is 413 g/mol. The van der Waals surface area contributed by atoms with Crippen LogP contribution < -0.4 is 16.4 Å². The first-order valence-corrected chi connectivity index (χ1v) is 9.17. The molecule has 0 fully saturated rings. The molecule has 0 radical (unpaired) electrons. The average Bonchev–Trinajstić information content (AvgIpc) is 2.75. The van der Waals surface area contributed by atoms with Crippen LogP contribution in [0.15, 0.2) is 60.7 Å². The normalized spacial score (nSPS) is 11.1. The zero-order chi connectivity index (χ0) is 21.8. The third-order valence-electron chi connectivity index (χ3n) is 3.87. The number of hydrogen-bond acceptors (Lipinski definition) is 6. The predicted octanol–water partition coefficient (Wildman–Crippen LogP) is 0.669. The Kier molecular flexibility index (Phi) is 8.85. The van der Waals surface area contributed by atoms with E-state index in [-0.39, 0.29) is 13.0 Å². The zero-order valence-corrected chi connectivity index (χ0v) is 16.2. The highest BCUT2D eigenvalue weighted by atomic mass is 16.5. The van der Waals surface area contributed by atoms with Crippen LogP contribution in [0, 0.1) is 0 Å². The van der Waals surface area contributed by atoms with E-state index < -0.39 is 43.1 Å². The molecule has 0 heterocycles. The van der Waals surface area contributed by atoms with Gasteiger partial charge in [0.15, 0.2) is 6.61 Å². The van der Waals surface area contributed by atoms with Crippen molar-refractivity contribution in [2.45, 2.75) is 19.1 Å². The van der Waals surface area contributed by atoms with Gasteiger partial charge in [-0.1, -0.05) is 60.7 Å². The molecule has 1 atom stereocenters. The first kappa shape index (κ1) is 22.4. The van der Waals surface area contributed by atoms with Crippen molar-refractivity contribution < 1.29 is 28.7 Å². The molecule has 3 amide bonds. The lowest BCUT2D eigenvalue weighted by molar-refractivity contribution is -0.151. The number of rotatable bonds is 10. The molecule has 0 bridgehead atoms. The summed E-state index contributed by atoms with van der Waals surface area (Å²) in [5.74, 6) is -2.24. The molecule has 2 rings (SSSR count). The van der Waals surface area contributed by atoms with E-state index in [1.54, 1.807) is 36.4 Å². The van der Waals surface area contributed by atoms with Crippen molar-refractivity contribution >= 4 is 23.9 Å². The van der Waals surface area contributed by atoms with E-state index >= 15 is 0 Å². The lowest BCUT2D eigenvalue weighted by Gasteiger charge is -2.17. The second kappa shape index (κ2) is 11.8. The van der Waals surface area contributed by atoms with E-state index in [9.17, 15) is 19.2 Å². The number of ether oxygens (including phenoxy) is 2. The molecule has 2 aromatic rings. The predicted molar refractivity (Wildman–Crippen MR) is 107 cm³/mol. The maximum Gasteiger partial charge on any atom is 0.407 e. The van der Waals surface area contributed by atoms with E-state index in [2.05, 4.69) is 10.6 Å². The molecule has 4 N–H and O–H groups in total. The van der Waals surface area contributed by atoms with Crippen molar-refractivity contribution in [1.29, 1.82) is 0 Å². The molecule has 0 spiro atoms. The molecule has 30 heavy (non-hydrogen) atoms. The highest BCUT2D eigenvalue weighted by Gasteiger charge is 2.23. The van der Waals surface area contributed by atoms with Crippen LogP contribution in [0.1, 0.15) is 11.1 Å². The number of nitrogens with two attached hydrogens (primary N) is 1. The standard InChI is InChI=1S/C21H23N3O6/c22-18(25)14-29-20(27)17(11-15-7-3-1-4-8-15)24-19(26)12-23-21(28)30-13-16-9-5-2-6-10-16/h1-10,17H,11-14H2,(H2,22,25)(H,23,28)(H,24,26)/t17-/m0/s1. The van der Waals surface area contributed by atoms with E-state index in [4.69, 9.17) is 15.2 Å². The number of amides is 3. The highest BCUT2D eigenvalue weighted by Crippen LogP contribution is 2.05. The fourth-order valence-corrected chi connectivity index (χ4v) is 2.46. The summed E-state index contributed by atoms with van der Waals surface area (Å²) in [6.07, 6.45) is -0.632. The summed E-state index contributed by atoms with van der Waals surface area (Å²) in [6, 6.07) is 16.9. The van der Waals surface area contributed by atoms with Crippen molar-refractivity contribution in [2.24, 2.45) is 5.73 Å². The van der Waals surface area contributed by atoms with Gasteiger partial charge in [0.2, 0.25) is 5.91 Å². The Morgan fingerprint density at radius 2 is 1.47 bits per heavy atom. The Morgan fingerprint density at radius 3 is 2.07 bits per heavy atom. The van der Waals surface area contributed by atoms with Crippen LogP contribution in [-0.4, -0.2) is 43.1 Å². The zero-order valence-electron chi connectivity index (χ0n) is 16.2. The highest BCUT2D eigenvalue weighted by molar-refractivity contribution is 5.88. The summed E-state index contributed by atoms with van der Waals surface area (Å²) in [5, 5.41) is 4.79. The topological polar surface area (TPSA) is 137 Å². The first-order valence-electron chi connectivity index (χ1n) is 9.17. The molecule has 9 heteroatoms. The van der Waals surface area contributed by atoms with Gasteiger partial charge in [-0.2, -0.15) is 0 Å². The van der Waals surface area contributed by atoms with Crippen molar-refractivity contribution in [3.63, 3.8) is 0 Å². The third kappa shape index (κ3) is 8.42. The van der Waals surface area contributed by atoms with E-state index in [1.165, 1.54) is 0 Å². The van der Waals surface area contributed by atoms with E-state index in [0.29, 0.717) is 0 Å². The van der Waals surface area contributed by atoms with Crippen LogP contribution in [0.25, 0.3) is 0 Å². The van der Waals surface area contributed by atoms with Gasteiger partial charge in [0, 0.05) is 6.42 Å². The van der Waals surface area contributed by atoms with Crippen LogP contribution in [0.4, 0.5) is 4.79 Å². The van der Waals surface area contributed by atoms with Crippen molar-refractivity contribution in [1.82, 2.24) is 10.6 Å². The maximum atomic E-state index is 12.2. The minimum Gasteiger partial charge on any atom is -0.454 e. The summed E-state index contributed by atoms with van der Waals surface area (Å²) < 4.78 is 9.83. The second-order valence-corrected chi connectivity index (χ2v) is 6.30. The Labute approximate surface area is 173 Å². The molecule has 2 aromatic carbocycles. The second-order valence-electron chi connectivity index (χ2n) is 6.30. The first-order chi connectivity index (χ1) is 14.4. The quantitative estimate of drug-likeness (QED) is 0.490. The third-order valence-corrected chi connectivity index (χ3v) is 3.87. The fourth-order valence-electron chi connectivity index (χ4n) is 2.46. The van der Waals surface area contributed by atoms with Gasteiger partial charge < -0.3 is 25.8 Å². The van der Waals surface area contributed by atoms with Gasteiger partial charge in [-0.3, -0.25) is 9.59 Å². The maximum absolute atomic E-state index is 12.2. The summed E-state index contributed by atoms with van der Waals surface area (Å²) >= 11 is 0. The van der Waals surface area contributed by atoms with Crippen LogP contribution >= 0.6 is 0 Å². The van der Waals surface area contributed by atoms with Gasteiger partial charge in [-0.25, -0.2) is 9.59 Å². The van der Waals surface area contributed by atoms with E-state index in [1.807, 2.05) is 24.3 Å². The largest absolute Gasteiger partial charge is 0.454 e. The number of carbonyl (C=O) groups excluding carboxylic acids is 4. The monoisotopic (exact) mass is 413 g/mol. The lowest BCUT2D eigenvalue weighted by atomic mass is 10.1. The van der Waals surface area contributed by atoms with Gasteiger partial charge in [0.05, 0.1) is 0 Å². The van der Waals surface area contributed by atoms with Crippen LogP contribution in [0.3, 0.4) is 0 Å². The molecular formula is C21H23N3O6. The molecule has 0 aliphatic heterocycles. The van der Waals surface area contributed by atoms with Crippen LogP contribution in [0.2, 0.25) is 0 Å². The number of nitrogens with one attached hydrogen (secondary N) is 2. The van der Waals surface area contributed by atoms with Gasteiger partial charge in [0.25, 0.3) is 5.91 Å². The van der Waals surface area contributed by atoms with Crippen LogP contribution in [-0.2, 0) is 36.9 Å². The molecule has 158 valence electrons. The number of esters is 1. The van der Waals surface area contributed by atoms with Crippen molar-refractivity contribution in [3.05, 3.63) is 71.8 Å². The molecule has 9 nitrogen and oxygen atoms in total. The number of alkyl carbamates (subject to hydrolysis) is 1. The van der Waals surface area contributed by atoms with Crippen molar-refractivity contribution in [3.8, 4) is 0 Å².